The van der Waals surface area contributed by atoms with Crippen LogP contribution in [0.5, 0.6) is 0 Å². The van der Waals surface area contributed by atoms with Gasteiger partial charge in [-0.3, -0.25) is 0 Å². The molecular weight excluding hydrogens is 487 g/mol. The second-order valence-corrected chi connectivity index (χ2v) is 10.7. The minimum atomic E-state index is -0.538. The maximum absolute atomic E-state index is 14.8. The molecule has 0 unspecified atom stereocenters. The Morgan fingerprint density at radius 3 is 2.45 bits per heavy atom. The van der Waals surface area contributed by atoms with Crippen LogP contribution in [0.1, 0.15) is 57.8 Å². The van der Waals surface area contributed by atoms with E-state index in [4.69, 9.17) is 14.7 Å². The standard InChI is InChI=1S/C27H33FN8O2/c1-17-20-16-31-25(24-29-9-5-10-30-24)33-21(20)8-13-36(17)23-15-18(28)14-22(34-23)35-11-6-19(7-12-35)32-26(37)38-27(2,3)4/h5,9-10,14-17,19H,6-8,11-13H2,1-4H3,(H,32,37)/t17-/m0/s1. The third-order valence-electron chi connectivity index (χ3n) is 6.77. The number of carbonyl (C=O) groups excluding carboxylic acids is 1. The number of aromatic nitrogens is 5. The first-order chi connectivity index (χ1) is 18.2. The number of fused-ring (bicyclic) bond motifs is 1. The van der Waals surface area contributed by atoms with E-state index in [0.29, 0.717) is 49.3 Å². The van der Waals surface area contributed by atoms with Crippen molar-refractivity contribution < 1.29 is 13.9 Å². The maximum Gasteiger partial charge on any atom is 0.407 e. The number of hydrogen-bond donors (Lipinski definition) is 1. The number of piperidine rings is 1. The number of anilines is 2. The van der Waals surface area contributed by atoms with Gasteiger partial charge >= 0.3 is 6.09 Å². The quantitative estimate of drug-likeness (QED) is 0.544. The van der Waals surface area contributed by atoms with Crippen LogP contribution in [0, 0.1) is 5.82 Å². The van der Waals surface area contributed by atoms with E-state index in [-0.39, 0.29) is 17.9 Å². The average Bonchev–Trinajstić information content (AvgIpc) is 2.88. The molecule has 10 nitrogen and oxygen atoms in total. The van der Waals surface area contributed by atoms with Crippen LogP contribution >= 0.6 is 0 Å². The number of rotatable bonds is 4. The summed E-state index contributed by atoms with van der Waals surface area (Å²) in [5, 5.41) is 2.94. The number of nitrogens with zero attached hydrogens (tertiary/aromatic N) is 7. The number of halogens is 1. The van der Waals surface area contributed by atoms with Crippen LogP contribution in [0.25, 0.3) is 11.6 Å². The number of amides is 1. The topological polar surface area (TPSA) is 109 Å². The van der Waals surface area contributed by atoms with Gasteiger partial charge in [-0.2, -0.15) is 0 Å². The van der Waals surface area contributed by atoms with E-state index in [9.17, 15) is 9.18 Å². The third-order valence-corrected chi connectivity index (χ3v) is 6.77. The van der Waals surface area contributed by atoms with Crippen molar-refractivity contribution in [2.45, 2.75) is 64.6 Å². The highest BCUT2D eigenvalue weighted by Crippen LogP contribution is 2.34. The van der Waals surface area contributed by atoms with Crippen molar-refractivity contribution in [2.75, 3.05) is 29.4 Å². The highest BCUT2D eigenvalue weighted by atomic mass is 19.1. The second kappa shape index (κ2) is 10.5. The van der Waals surface area contributed by atoms with Gasteiger partial charge in [-0.1, -0.05) is 0 Å². The fourth-order valence-corrected chi connectivity index (χ4v) is 4.91. The van der Waals surface area contributed by atoms with Crippen molar-refractivity contribution in [1.29, 1.82) is 0 Å². The molecule has 1 saturated heterocycles. The monoisotopic (exact) mass is 520 g/mol. The summed E-state index contributed by atoms with van der Waals surface area (Å²) in [6.45, 7) is 9.55. The molecule has 200 valence electrons. The van der Waals surface area contributed by atoms with Crippen molar-refractivity contribution in [3.63, 3.8) is 0 Å². The number of ether oxygens (including phenoxy) is 1. The molecule has 5 heterocycles. The smallest absolute Gasteiger partial charge is 0.407 e. The van der Waals surface area contributed by atoms with E-state index >= 15 is 0 Å². The van der Waals surface area contributed by atoms with Crippen molar-refractivity contribution in [3.8, 4) is 11.6 Å². The molecule has 2 aliphatic rings. The summed E-state index contributed by atoms with van der Waals surface area (Å²) in [4.78, 5) is 38.8. The van der Waals surface area contributed by atoms with Crippen molar-refractivity contribution >= 4 is 17.7 Å². The lowest BCUT2D eigenvalue weighted by Gasteiger charge is -2.37. The van der Waals surface area contributed by atoms with Gasteiger partial charge in [-0.05, 0) is 46.6 Å². The van der Waals surface area contributed by atoms with Crippen molar-refractivity contribution in [2.24, 2.45) is 0 Å². The van der Waals surface area contributed by atoms with E-state index in [1.807, 2.05) is 27.0 Å². The van der Waals surface area contributed by atoms with Gasteiger partial charge < -0.3 is 19.9 Å². The number of hydrogen-bond acceptors (Lipinski definition) is 9. The first-order valence-corrected chi connectivity index (χ1v) is 13.0. The molecule has 3 aromatic heterocycles. The van der Waals surface area contributed by atoms with E-state index in [1.54, 1.807) is 18.5 Å². The van der Waals surface area contributed by atoms with Crippen LogP contribution < -0.4 is 15.1 Å². The SMILES string of the molecule is C[C@H]1c2cnc(-c3ncccn3)nc2CCN1c1cc(F)cc(N2CCC(NC(=O)OC(C)(C)C)CC2)n1. The second-order valence-electron chi connectivity index (χ2n) is 10.7. The Hall–Kier alpha value is -3.89. The summed E-state index contributed by atoms with van der Waals surface area (Å²) in [5.41, 5.74) is 1.39. The Balaban J connectivity index is 1.27. The molecule has 0 spiro atoms. The minimum Gasteiger partial charge on any atom is -0.444 e. The van der Waals surface area contributed by atoms with Crippen molar-refractivity contribution in [3.05, 3.63) is 53.9 Å². The maximum atomic E-state index is 14.8. The molecule has 1 fully saturated rings. The Morgan fingerprint density at radius 1 is 1.03 bits per heavy atom. The summed E-state index contributed by atoms with van der Waals surface area (Å²) in [6.07, 6.45) is 6.88. The van der Waals surface area contributed by atoms with Crippen LogP contribution in [-0.2, 0) is 11.2 Å². The molecule has 2 aliphatic heterocycles. The normalized spacial score (nSPS) is 18.2. The summed E-state index contributed by atoms with van der Waals surface area (Å²) in [6, 6.07) is 4.65. The molecule has 0 radical (unpaired) electrons. The molecule has 3 aromatic rings. The van der Waals surface area contributed by atoms with Gasteiger partial charge in [0.2, 0.25) is 0 Å². The molecule has 11 heteroatoms. The number of carbonyl (C=O) groups is 1. The molecule has 1 N–H and O–H groups in total. The molecule has 0 bridgehead atoms. The van der Waals surface area contributed by atoms with Crippen LogP contribution in [0.3, 0.4) is 0 Å². The molecule has 1 amide bonds. The van der Waals surface area contributed by atoms with Crippen LogP contribution in [-0.4, -0.2) is 62.3 Å². The van der Waals surface area contributed by atoms with Gasteiger partial charge in [0, 0.05) is 68.4 Å². The minimum absolute atomic E-state index is 0.0129. The first kappa shape index (κ1) is 25.7. The highest BCUT2D eigenvalue weighted by Gasteiger charge is 2.29. The fourth-order valence-electron chi connectivity index (χ4n) is 4.91. The number of alkyl carbamates (subject to hydrolysis) is 1. The Labute approximate surface area is 221 Å². The molecule has 0 aliphatic carbocycles. The lowest BCUT2D eigenvalue weighted by molar-refractivity contribution is 0.0497. The zero-order chi connectivity index (χ0) is 26.9. The summed E-state index contributed by atoms with van der Waals surface area (Å²) >= 11 is 0. The van der Waals surface area contributed by atoms with Gasteiger partial charge in [0.15, 0.2) is 11.6 Å². The predicted molar refractivity (Wildman–Crippen MR) is 141 cm³/mol. The van der Waals surface area contributed by atoms with Crippen LogP contribution in [0.2, 0.25) is 0 Å². The summed E-state index contributed by atoms with van der Waals surface area (Å²) in [5.74, 6) is 1.85. The molecule has 38 heavy (non-hydrogen) atoms. The Morgan fingerprint density at radius 2 is 1.74 bits per heavy atom. The predicted octanol–water partition coefficient (Wildman–Crippen LogP) is 4.08. The lowest BCUT2D eigenvalue weighted by Crippen LogP contribution is -2.46. The largest absolute Gasteiger partial charge is 0.444 e. The first-order valence-electron chi connectivity index (χ1n) is 13.0. The van der Waals surface area contributed by atoms with Crippen molar-refractivity contribution in [1.82, 2.24) is 30.2 Å². The molecule has 1 atom stereocenters. The Bertz CT molecular complexity index is 1290. The zero-order valence-corrected chi connectivity index (χ0v) is 22.2. The molecule has 5 rings (SSSR count). The highest BCUT2D eigenvalue weighted by molar-refractivity contribution is 5.68. The van der Waals surface area contributed by atoms with E-state index in [2.05, 4.69) is 37.0 Å². The summed E-state index contributed by atoms with van der Waals surface area (Å²) < 4.78 is 20.2. The molecule has 0 saturated carbocycles. The van der Waals surface area contributed by atoms with Gasteiger partial charge in [0.25, 0.3) is 0 Å². The van der Waals surface area contributed by atoms with E-state index in [0.717, 1.165) is 24.1 Å². The van der Waals surface area contributed by atoms with Gasteiger partial charge in [-0.15, -0.1) is 0 Å². The number of nitrogens with one attached hydrogen (secondary N) is 1. The van der Waals surface area contributed by atoms with E-state index in [1.165, 1.54) is 12.1 Å². The molecule has 0 aromatic carbocycles. The fraction of sp³-hybridized carbons (Fsp3) is 0.481. The zero-order valence-electron chi connectivity index (χ0n) is 22.2. The number of pyridine rings is 1. The lowest BCUT2D eigenvalue weighted by atomic mass is 9.99. The van der Waals surface area contributed by atoms with Crippen LogP contribution in [0.15, 0.2) is 36.8 Å². The van der Waals surface area contributed by atoms with E-state index < -0.39 is 11.7 Å². The Kier molecular flexibility index (Phi) is 7.09. The summed E-state index contributed by atoms with van der Waals surface area (Å²) in [7, 11) is 0. The van der Waals surface area contributed by atoms with Crippen LogP contribution in [0.4, 0.5) is 20.8 Å². The van der Waals surface area contributed by atoms with Gasteiger partial charge in [0.1, 0.15) is 23.1 Å². The molecular formula is C27H33FN8O2. The van der Waals surface area contributed by atoms with Gasteiger partial charge in [-0.25, -0.2) is 34.1 Å². The third kappa shape index (κ3) is 5.81. The van der Waals surface area contributed by atoms with Gasteiger partial charge in [0.05, 0.1) is 11.7 Å². The average molecular weight is 521 g/mol.